The Morgan fingerprint density at radius 3 is 2.67 bits per heavy atom. The van der Waals surface area contributed by atoms with Gasteiger partial charge in [0.25, 0.3) is 0 Å². The largest absolute Gasteiger partial charge is 0.444 e. The van der Waals surface area contributed by atoms with E-state index in [0.29, 0.717) is 24.9 Å². The monoisotopic (exact) mass is 294 g/mol. The van der Waals surface area contributed by atoms with Gasteiger partial charge in [0.1, 0.15) is 11.4 Å². The van der Waals surface area contributed by atoms with E-state index in [4.69, 9.17) is 10.5 Å². The number of carbonyl (C=O) groups excluding carboxylic acids is 1. The number of rotatable bonds is 1. The van der Waals surface area contributed by atoms with Gasteiger partial charge in [-0.2, -0.15) is 0 Å². The zero-order chi connectivity index (χ0) is 15.6. The van der Waals surface area contributed by atoms with Gasteiger partial charge in [0.05, 0.1) is 6.04 Å². The van der Waals surface area contributed by atoms with Crippen LogP contribution in [0.3, 0.4) is 0 Å². The number of hydrogen-bond donors (Lipinski definition) is 1. The van der Waals surface area contributed by atoms with Crippen LogP contribution in [0.1, 0.15) is 45.2 Å². The van der Waals surface area contributed by atoms with Crippen molar-refractivity contribution in [1.29, 1.82) is 0 Å². The Hall–Kier alpha value is -1.62. The average molecular weight is 294 g/mol. The lowest BCUT2D eigenvalue weighted by Gasteiger charge is -2.39. The van der Waals surface area contributed by atoms with Crippen LogP contribution in [0.2, 0.25) is 0 Å². The van der Waals surface area contributed by atoms with Crippen molar-refractivity contribution in [2.75, 3.05) is 6.54 Å². The highest BCUT2D eigenvalue weighted by Crippen LogP contribution is 2.33. The van der Waals surface area contributed by atoms with E-state index in [9.17, 15) is 9.18 Å². The molecule has 1 aliphatic heterocycles. The Bertz CT molecular complexity index is 513. The lowest BCUT2D eigenvalue weighted by molar-refractivity contribution is 0.00759. The van der Waals surface area contributed by atoms with Gasteiger partial charge in [-0.3, -0.25) is 0 Å². The van der Waals surface area contributed by atoms with Gasteiger partial charge in [0, 0.05) is 18.2 Å². The highest BCUT2D eigenvalue weighted by molar-refractivity contribution is 5.69. The Morgan fingerprint density at radius 1 is 1.38 bits per heavy atom. The number of amides is 1. The molecular weight excluding hydrogens is 271 g/mol. The number of nitrogens with zero attached hydrogens (tertiary/aromatic N) is 1. The van der Waals surface area contributed by atoms with Crippen molar-refractivity contribution in [3.8, 4) is 0 Å². The molecule has 1 heterocycles. The lowest BCUT2D eigenvalue weighted by Crippen LogP contribution is -2.47. The zero-order valence-corrected chi connectivity index (χ0v) is 12.8. The molecule has 0 bridgehead atoms. The second-order valence-corrected chi connectivity index (χ2v) is 6.50. The second-order valence-electron chi connectivity index (χ2n) is 6.50. The molecule has 0 aliphatic carbocycles. The molecule has 1 aromatic rings. The summed E-state index contributed by atoms with van der Waals surface area (Å²) in [5.41, 5.74) is 5.93. The highest BCUT2D eigenvalue weighted by Gasteiger charge is 2.35. The Morgan fingerprint density at radius 2 is 2.05 bits per heavy atom. The molecule has 4 nitrogen and oxygen atoms in total. The van der Waals surface area contributed by atoms with Crippen molar-refractivity contribution in [3.63, 3.8) is 0 Å². The number of nitrogens with two attached hydrogens (primary N) is 1. The SMILES string of the molecule is CC(C)(C)OC(=O)N1CCC(N)CC1c1ccccc1F. The summed E-state index contributed by atoms with van der Waals surface area (Å²) >= 11 is 0. The van der Waals surface area contributed by atoms with Crippen molar-refractivity contribution >= 4 is 6.09 Å². The molecule has 0 saturated carbocycles. The predicted octanol–water partition coefficient (Wildman–Crippen LogP) is 3.23. The van der Waals surface area contributed by atoms with Gasteiger partial charge < -0.3 is 15.4 Å². The van der Waals surface area contributed by atoms with Crippen molar-refractivity contribution in [2.45, 2.75) is 51.3 Å². The minimum Gasteiger partial charge on any atom is -0.444 e. The molecule has 2 unspecified atom stereocenters. The lowest BCUT2D eigenvalue weighted by atomic mass is 9.92. The average Bonchev–Trinajstić information content (AvgIpc) is 2.37. The van der Waals surface area contributed by atoms with E-state index in [2.05, 4.69) is 0 Å². The van der Waals surface area contributed by atoms with Crippen molar-refractivity contribution in [1.82, 2.24) is 4.90 Å². The van der Waals surface area contributed by atoms with Crippen molar-refractivity contribution in [2.24, 2.45) is 5.73 Å². The van der Waals surface area contributed by atoms with Crippen LogP contribution in [0, 0.1) is 5.82 Å². The molecule has 0 aromatic heterocycles. The molecule has 1 aliphatic rings. The summed E-state index contributed by atoms with van der Waals surface area (Å²) in [5.74, 6) is -0.315. The fourth-order valence-electron chi connectivity index (χ4n) is 2.57. The first-order chi connectivity index (χ1) is 9.78. The molecule has 5 heteroatoms. The van der Waals surface area contributed by atoms with Crippen LogP contribution in [0.4, 0.5) is 9.18 Å². The molecular formula is C16H23FN2O2. The smallest absolute Gasteiger partial charge is 0.410 e. The first-order valence-corrected chi connectivity index (χ1v) is 7.27. The van der Waals surface area contributed by atoms with E-state index >= 15 is 0 Å². The van der Waals surface area contributed by atoms with Crippen LogP contribution in [0.15, 0.2) is 24.3 Å². The maximum absolute atomic E-state index is 14.1. The zero-order valence-electron chi connectivity index (χ0n) is 12.8. The molecule has 1 fully saturated rings. The predicted molar refractivity (Wildman–Crippen MR) is 79.3 cm³/mol. The van der Waals surface area contributed by atoms with E-state index in [1.54, 1.807) is 23.1 Å². The number of hydrogen-bond acceptors (Lipinski definition) is 3. The van der Waals surface area contributed by atoms with E-state index < -0.39 is 11.7 Å². The van der Waals surface area contributed by atoms with Gasteiger partial charge >= 0.3 is 6.09 Å². The number of piperidine rings is 1. The number of benzene rings is 1. The van der Waals surface area contributed by atoms with E-state index in [1.165, 1.54) is 6.07 Å². The van der Waals surface area contributed by atoms with E-state index in [-0.39, 0.29) is 17.9 Å². The van der Waals surface area contributed by atoms with Crippen LogP contribution >= 0.6 is 0 Å². The molecule has 2 rings (SSSR count). The standard InChI is InChI=1S/C16H23FN2O2/c1-16(2,3)21-15(20)19-9-8-11(18)10-14(19)12-6-4-5-7-13(12)17/h4-7,11,14H,8-10,18H2,1-3H3. The molecule has 2 atom stereocenters. The first-order valence-electron chi connectivity index (χ1n) is 7.27. The highest BCUT2D eigenvalue weighted by atomic mass is 19.1. The van der Waals surface area contributed by atoms with Gasteiger partial charge in [-0.25, -0.2) is 9.18 Å². The van der Waals surface area contributed by atoms with Crippen LogP contribution in [0.25, 0.3) is 0 Å². The van der Waals surface area contributed by atoms with Gasteiger partial charge in [-0.05, 0) is 39.7 Å². The summed E-state index contributed by atoms with van der Waals surface area (Å²) in [5, 5.41) is 0. The fourth-order valence-corrected chi connectivity index (χ4v) is 2.57. The topological polar surface area (TPSA) is 55.6 Å². The molecule has 2 N–H and O–H groups in total. The second kappa shape index (κ2) is 6.02. The van der Waals surface area contributed by atoms with Gasteiger partial charge in [0.15, 0.2) is 0 Å². The van der Waals surface area contributed by atoms with Gasteiger partial charge in [-0.1, -0.05) is 18.2 Å². The van der Waals surface area contributed by atoms with Crippen LogP contribution in [-0.2, 0) is 4.74 Å². The van der Waals surface area contributed by atoms with Crippen LogP contribution in [0.5, 0.6) is 0 Å². The molecule has 1 amide bonds. The molecule has 0 radical (unpaired) electrons. The number of halogens is 1. The Labute approximate surface area is 125 Å². The molecule has 1 saturated heterocycles. The normalized spacial score (nSPS) is 23.0. The molecule has 1 aromatic carbocycles. The van der Waals surface area contributed by atoms with E-state index in [0.717, 1.165) is 0 Å². The molecule has 0 spiro atoms. The summed E-state index contributed by atoms with van der Waals surface area (Å²) in [6, 6.07) is 6.11. The number of likely N-dealkylation sites (tertiary alicyclic amines) is 1. The Kier molecular flexibility index (Phi) is 4.52. The van der Waals surface area contributed by atoms with Crippen molar-refractivity contribution in [3.05, 3.63) is 35.6 Å². The minimum atomic E-state index is -0.573. The Balaban J connectivity index is 2.26. The summed E-state index contributed by atoms with van der Waals surface area (Å²) in [7, 11) is 0. The quantitative estimate of drug-likeness (QED) is 0.865. The minimum absolute atomic E-state index is 0.0340. The summed E-state index contributed by atoms with van der Waals surface area (Å²) in [4.78, 5) is 13.9. The summed E-state index contributed by atoms with van der Waals surface area (Å²) in [6.07, 6.45) is 0.826. The number of carbonyl (C=O) groups is 1. The van der Waals surface area contributed by atoms with E-state index in [1.807, 2.05) is 20.8 Å². The number of ether oxygens (including phenoxy) is 1. The van der Waals surface area contributed by atoms with Gasteiger partial charge in [0.2, 0.25) is 0 Å². The third kappa shape index (κ3) is 3.94. The molecule has 116 valence electrons. The van der Waals surface area contributed by atoms with Crippen LogP contribution in [-0.4, -0.2) is 29.2 Å². The fraction of sp³-hybridized carbons (Fsp3) is 0.562. The van der Waals surface area contributed by atoms with Crippen LogP contribution < -0.4 is 5.73 Å². The third-order valence-corrected chi connectivity index (χ3v) is 3.54. The van der Waals surface area contributed by atoms with Crippen molar-refractivity contribution < 1.29 is 13.9 Å². The third-order valence-electron chi connectivity index (χ3n) is 3.54. The molecule has 21 heavy (non-hydrogen) atoms. The maximum Gasteiger partial charge on any atom is 0.410 e. The first kappa shape index (κ1) is 15.8. The summed E-state index contributed by atoms with van der Waals surface area (Å²) in [6.45, 7) is 5.94. The maximum atomic E-state index is 14.1. The summed E-state index contributed by atoms with van der Waals surface area (Å²) < 4.78 is 19.5. The van der Waals surface area contributed by atoms with Gasteiger partial charge in [-0.15, -0.1) is 0 Å².